The molecule has 0 aliphatic rings. The van der Waals surface area contributed by atoms with Gasteiger partial charge in [-0.25, -0.2) is 0 Å². The normalized spacial score (nSPS) is 10.9. The fourth-order valence-corrected chi connectivity index (χ4v) is 3.36. The molecule has 0 heterocycles. The van der Waals surface area contributed by atoms with E-state index in [1.54, 1.807) is 0 Å². The van der Waals surface area contributed by atoms with Gasteiger partial charge in [-0.05, 0) is 31.7 Å². The molecule has 0 aliphatic heterocycles. The van der Waals surface area contributed by atoms with Gasteiger partial charge in [0.25, 0.3) is 0 Å². The maximum Gasteiger partial charge on any atom is 0.321 e. The van der Waals surface area contributed by atoms with Gasteiger partial charge < -0.3 is 8.85 Å². The van der Waals surface area contributed by atoms with Crippen molar-refractivity contribution in [3.05, 3.63) is 12.7 Å². The third-order valence-corrected chi connectivity index (χ3v) is 4.21. The van der Waals surface area contributed by atoms with Crippen LogP contribution in [0, 0.1) is 0 Å². The molecule has 0 saturated carbocycles. The molecule has 0 N–H and O–H groups in total. The summed E-state index contributed by atoms with van der Waals surface area (Å²) in [5.41, 5.74) is 0. The second kappa shape index (κ2) is 11.9. The van der Waals surface area contributed by atoms with Gasteiger partial charge in [0.15, 0.2) is 0 Å². The Balaban J connectivity index is 3.53. The summed E-state index contributed by atoms with van der Waals surface area (Å²) in [6.45, 7) is 9.74. The fourth-order valence-electron chi connectivity index (χ4n) is 1.31. The topological polar surface area (TPSA) is 18.5 Å². The lowest BCUT2D eigenvalue weighted by Crippen LogP contribution is -2.23. The van der Waals surface area contributed by atoms with Crippen LogP contribution in [-0.2, 0) is 8.85 Å². The van der Waals surface area contributed by atoms with Gasteiger partial charge in [-0.2, -0.15) is 0 Å². The van der Waals surface area contributed by atoms with Gasteiger partial charge in [-0.15, -0.1) is 6.58 Å². The minimum Gasteiger partial charge on any atom is -0.397 e. The van der Waals surface area contributed by atoms with Crippen LogP contribution < -0.4 is 0 Å². The first kappa shape index (κ1) is 14.9. The highest BCUT2D eigenvalue weighted by Crippen LogP contribution is 2.07. The summed E-state index contributed by atoms with van der Waals surface area (Å²) in [6.07, 6.45) is 7.71. The number of rotatable bonds is 11. The lowest BCUT2D eigenvalue weighted by atomic mass is 10.2. The van der Waals surface area contributed by atoms with Crippen LogP contribution in [0.15, 0.2) is 12.7 Å². The van der Waals surface area contributed by atoms with Gasteiger partial charge in [0, 0.05) is 13.2 Å². The molecule has 0 unspecified atom stereocenters. The maximum atomic E-state index is 5.76. The van der Waals surface area contributed by atoms with E-state index in [1.165, 1.54) is 12.8 Å². The molecule has 90 valence electrons. The predicted molar refractivity (Wildman–Crippen MR) is 68.5 cm³/mol. The molecule has 0 atom stereocenters. The summed E-state index contributed by atoms with van der Waals surface area (Å²) in [5, 5.41) is 0. The SMILES string of the molecule is C=CCCCC[SiH](OCCC)OCCC. The molecule has 0 aromatic rings. The van der Waals surface area contributed by atoms with Crippen LogP contribution in [0.25, 0.3) is 0 Å². The van der Waals surface area contributed by atoms with Crippen molar-refractivity contribution in [3.63, 3.8) is 0 Å². The van der Waals surface area contributed by atoms with Crippen molar-refractivity contribution in [2.75, 3.05) is 13.2 Å². The molecule has 0 aromatic carbocycles. The predicted octanol–water partition coefficient (Wildman–Crippen LogP) is 3.42. The smallest absolute Gasteiger partial charge is 0.321 e. The largest absolute Gasteiger partial charge is 0.397 e. The Bertz CT molecular complexity index is 132. The van der Waals surface area contributed by atoms with Crippen molar-refractivity contribution >= 4 is 9.28 Å². The summed E-state index contributed by atoms with van der Waals surface area (Å²) < 4.78 is 11.5. The Morgan fingerprint density at radius 3 is 2.13 bits per heavy atom. The first-order valence-electron chi connectivity index (χ1n) is 6.19. The van der Waals surface area contributed by atoms with E-state index in [0.29, 0.717) is 0 Å². The molecular formula is C12H26O2Si. The van der Waals surface area contributed by atoms with E-state index in [1.807, 2.05) is 6.08 Å². The first-order chi connectivity index (χ1) is 7.35. The van der Waals surface area contributed by atoms with E-state index < -0.39 is 9.28 Å². The van der Waals surface area contributed by atoms with E-state index >= 15 is 0 Å². The van der Waals surface area contributed by atoms with Crippen LogP contribution in [0.1, 0.15) is 46.0 Å². The highest BCUT2D eigenvalue weighted by atomic mass is 28.3. The first-order valence-corrected chi connectivity index (χ1v) is 7.95. The number of unbranched alkanes of at least 4 members (excludes halogenated alkanes) is 2. The molecule has 3 heteroatoms. The molecule has 0 radical (unpaired) electrons. The molecule has 0 spiro atoms. The molecule has 0 rings (SSSR count). The quantitative estimate of drug-likeness (QED) is 0.308. The highest BCUT2D eigenvalue weighted by molar-refractivity contribution is 6.44. The van der Waals surface area contributed by atoms with Crippen LogP contribution in [0.4, 0.5) is 0 Å². The molecule has 0 fully saturated rings. The van der Waals surface area contributed by atoms with Gasteiger partial charge in [0.05, 0.1) is 0 Å². The molecule has 0 amide bonds. The average molecular weight is 230 g/mol. The average Bonchev–Trinajstić information content (AvgIpc) is 2.27. The van der Waals surface area contributed by atoms with Crippen molar-refractivity contribution < 1.29 is 8.85 Å². The molecule has 15 heavy (non-hydrogen) atoms. The minimum absolute atomic E-state index is 0.863. The number of allylic oxidation sites excluding steroid dienone is 1. The zero-order valence-corrected chi connectivity index (χ0v) is 11.5. The van der Waals surface area contributed by atoms with Gasteiger partial charge in [0.2, 0.25) is 0 Å². The Morgan fingerprint density at radius 1 is 1.07 bits per heavy atom. The third kappa shape index (κ3) is 10.2. The van der Waals surface area contributed by atoms with Crippen LogP contribution in [0.5, 0.6) is 0 Å². The second-order valence-corrected chi connectivity index (χ2v) is 5.85. The van der Waals surface area contributed by atoms with E-state index in [9.17, 15) is 0 Å². The van der Waals surface area contributed by atoms with Gasteiger partial charge >= 0.3 is 9.28 Å². The Kier molecular flexibility index (Phi) is 11.9. The number of hydrogen-bond acceptors (Lipinski definition) is 2. The van der Waals surface area contributed by atoms with E-state index in [2.05, 4.69) is 20.4 Å². The van der Waals surface area contributed by atoms with Crippen molar-refractivity contribution in [2.24, 2.45) is 0 Å². The van der Waals surface area contributed by atoms with Crippen LogP contribution >= 0.6 is 0 Å². The lowest BCUT2D eigenvalue weighted by Gasteiger charge is -2.15. The molecular weight excluding hydrogens is 204 g/mol. The monoisotopic (exact) mass is 230 g/mol. The molecule has 0 aromatic heterocycles. The summed E-state index contributed by atoms with van der Waals surface area (Å²) in [7, 11) is -1.35. The van der Waals surface area contributed by atoms with Crippen molar-refractivity contribution in [1.29, 1.82) is 0 Å². The second-order valence-electron chi connectivity index (χ2n) is 3.74. The zero-order chi connectivity index (χ0) is 11.4. The highest BCUT2D eigenvalue weighted by Gasteiger charge is 2.11. The van der Waals surface area contributed by atoms with Gasteiger partial charge in [0.1, 0.15) is 0 Å². The van der Waals surface area contributed by atoms with Crippen LogP contribution in [-0.4, -0.2) is 22.5 Å². The molecule has 0 aliphatic carbocycles. The Hall–Kier alpha value is -0.123. The minimum atomic E-state index is -1.35. The summed E-state index contributed by atoms with van der Waals surface area (Å²) in [5.74, 6) is 0. The van der Waals surface area contributed by atoms with Crippen LogP contribution in [0.2, 0.25) is 6.04 Å². The van der Waals surface area contributed by atoms with Crippen molar-refractivity contribution in [2.45, 2.75) is 52.0 Å². The van der Waals surface area contributed by atoms with Gasteiger partial charge in [-0.1, -0.05) is 26.3 Å². The lowest BCUT2D eigenvalue weighted by molar-refractivity contribution is 0.195. The molecule has 0 bridgehead atoms. The third-order valence-electron chi connectivity index (χ3n) is 2.11. The van der Waals surface area contributed by atoms with Crippen molar-refractivity contribution in [1.82, 2.24) is 0 Å². The van der Waals surface area contributed by atoms with Crippen molar-refractivity contribution in [3.8, 4) is 0 Å². The standard InChI is InChI=1S/C12H26O2Si/c1-4-7-8-9-12-15(13-10-5-2)14-11-6-3/h4,15H,1,5-12H2,2-3H3. The Morgan fingerprint density at radius 2 is 1.67 bits per heavy atom. The fraction of sp³-hybridized carbons (Fsp3) is 0.833. The molecule has 0 saturated heterocycles. The van der Waals surface area contributed by atoms with E-state index in [0.717, 1.165) is 38.5 Å². The van der Waals surface area contributed by atoms with E-state index in [4.69, 9.17) is 8.85 Å². The molecule has 2 nitrogen and oxygen atoms in total. The van der Waals surface area contributed by atoms with Crippen LogP contribution in [0.3, 0.4) is 0 Å². The van der Waals surface area contributed by atoms with E-state index in [-0.39, 0.29) is 0 Å². The van der Waals surface area contributed by atoms with Gasteiger partial charge in [-0.3, -0.25) is 0 Å². The maximum absolute atomic E-state index is 5.76. The Labute approximate surface area is 96.5 Å². The zero-order valence-electron chi connectivity index (χ0n) is 10.3. The summed E-state index contributed by atoms with van der Waals surface area (Å²) in [6, 6.07) is 1.15. The number of hydrogen-bond donors (Lipinski definition) is 0. The summed E-state index contributed by atoms with van der Waals surface area (Å²) in [4.78, 5) is 0. The summed E-state index contributed by atoms with van der Waals surface area (Å²) >= 11 is 0.